The summed E-state index contributed by atoms with van der Waals surface area (Å²) < 4.78 is 25.8. The van der Waals surface area contributed by atoms with Gasteiger partial charge in [-0.3, -0.25) is 0 Å². The summed E-state index contributed by atoms with van der Waals surface area (Å²) in [5.41, 5.74) is 0. The van der Waals surface area contributed by atoms with Crippen LogP contribution >= 0.6 is 0 Å². The molecule has 0 saturated heterocycles. The molecule has 1 heterocycles. The van der Waals surface area contributed by atoms with Gasteiger partial charge in [0.1, 0.15) is 5.82 Å². The van der Waals surface area contributed by atoms with Crippen LogP contribution < -0.4 is 0 Å². The molecule has 0 amide bonds. The first kappa shape index (κ1) is 12.6. The Morgan fingerprint density at radius 1 is 1.53 bits per heavy atom. The van der Waals surface area contributed by atoms with Gasteiger partial charge in [-0.15, -0.1) is 0 Å². The maximum Gasteiger partial charge on any atom is 0.259 e. The highest BCUT2D eigenvalue weighted by atomic mass is 32.2. The first-order chi connectivity index (χ1) is 8.04. The molecule has 0 atom stereocenters. The Kier molecular flexibility index (Phi) is 3.53. The molecule has 5 nitrogen and oxygen atoms in total. The minimum atomic E-state index is -3.38. The highest BCUT2D eigenvalue weighted by molar-refractivity contribution is 7.89. The van der Waals surface area contributed by atoms with Crippen molar-refractivity contribution >= 4 is 10.0 Å². The normalized spacial score (nSPS) is 17.4. The lowest BCUT2D eigenvalue weighted by Crippen LogP contribution is -2.34. The Morgan fingerprint density at radius 2 is 2.24 bits per heavy atom. The second-order valence-corrected chi connectivity index (χ2v) is 6.64. The predicted molar refractivity (Wildman–Crippen MR) is 65.1 cm³/mol. The molecule has 1 aliphatic carbocycles. The summed E-state index contributed by atoms with van der Waals surface area (Å²) in [6, 6.07) is 0. The van der Waals surface area contributed by atoms with Gasteiger partial charge in [0.2, 0.25) is 0 Å². The number of hydrogen-bond donors (Lipinski definition) is 1. The van der Waals surface area contributed by atoms with Crippen LogP contribution in [0.25, 0.3) is 0 Å². The summed E-state index contributed by atoms with van der Waals surface area (Å²) in [6.07, 6.45) is 5.63. The fraction of sp³-hybridized carbons (Fsp3) is 0.727. The molecule has 0 unspecified atom stereocenters. The molecule has 0 spiro atoms. The molecular formula is C11H19N3O2S. The van der Waals surface area contributed by atoms with Crippen LogP contribution in [-0.4, -0.2) is 36.3 Å². The smallest absolute Gasteiger partial charge is 0.259 e. The predicted octanol–water partition coefficient (Wildman–Crippen LogP) is 1.39. The highest BCUT2D eigenvalue weighted by Gasteiger charge is 2.27. The van der Waals surface area contributed by atoms with Crippen molar-refractivity contribution < 1.29 is 8.42 Å². The number of hydrogen-bond acceptors (Lipinski definition) is 3. The van der Waals surface area contributed by atoms with E-state index in [0.29, 0.717) is 24.7 Å². The first-order valence-electron chi connectivity index (χ1n) is 6.04. The number of nitrogens with zero attached hydrogens (tertiary/aromatic N) is 2. The number of H-pyrrole nitrogens is 1. The van der Waals surface area contributed by atoms with Crippen LogP contribution in [0.2, 0.25) is 0 Å². The van der Waals surface area contributed by atoms with Crippen LogP contribution in [0.15, 0.2) is 11.2 Å². The van der Waals surface area contributed by atoms with Crippen LogP contribution in [0.5, 0.6) is 0 Å². The quantitative estimate of drug-likeness (QED) is 0.867. The lowest BCUT2D eigenvalue weighted by Gasteiger charge is -2.29. The Morgan fingerprint density at radius 3 is 2.71 bits per heavy atom. The third-order valence-corrected chi connectivity index (χ3v) is 5.10. The van der Waals surface area contributed by atoms with Crippen molar-refractivity contribution in [2.45, 2.75) is 37.6 Å². The third kappa shape index (κ3) is 2.52. The van der Waals surface area contributed by atoms with E-state index in [0.717, 1.165) is 12.8 Å². The number of sulfonamides is 1. The molecule has 2 rings (SSSR count). The van der Waals surface area contributed by atoms with Crippen molar-refractivity contribution in [2.24, 2.45) is 5.92 Å². The van der Waals surface area contributed by atoms with E-state index in [-0.39, 0.29) is 5.03 Å². The summed E-state index contributed by atoms with van der Waals surface area (Å²) in [5, 5.41) is 0.205. The molecule has 1 aromatic heterocycles. The van der Waals surface area contributed by atoms with Gasteiger partial charge in [-0.1, -0.05) is 13.3 Å². The number of nitrogens with one attached hydrogen (secondary N) is 1. The van der Waals surface area contributed by atoms with Crippen LogP contribution in [0, 0.1) is 5.92 Å². The first-order valence-corrected chi connectivity index (χ1v) is 7.48. The van der Waals surface area contributed by atoms with E-state index < -0.39 is 10.0 Å². The van der Waals surface area contributed by atoms with Crippen LogP contribution in [0.1, 0.15) is 32.0 Å². The SMILES string of the molecule is CCc1ncc(S(=O)(=O)N(C)CC2CCC2)[nH]1. The van der Waals surface area contributed by atoms with E-state index in [2.05, 4.69) is 9.97 Å². The number of aromatic amines is 1. The molecule has 1 N–H and O–H groups in total. The van der Waals surface area contributed by atoms with Crippen molar-refractivity contribution in [3.63, 3.8) is 0 Å². The Labute approximate surface area is 102 Å². The summed E-state index contributed by atoms with van der Waals surface area (Å²) in [7, 11) is -1.75. The molecule has 0 aliphatic heterocycles. The molecule has 0 radical (unpaired) electrons. The number of rotatable bonds is 5. The van der Waals surface area contributed by atoms with Gasteiger partial charge in [-0.05, 0) is 18.8 Å². The lowest BCUT2D eigenvalue weighted by molar-refractivity contribution is 0.262. The Balaban J connectivity index is 2.10. The van der Waals surface area contributed by atoms with Gasteiger partial charge in [-0.25, -0.2) is 13.4 Å². The molecule has 0 bridgehead atoms. The van der Waals surface area contributed by atoms with E-state index in [9.17, 15) is 8.42 Å². The minimum Gasteiger partial charge on any atom is -0.332 e. The fourth-order valence-electron chi connectivity index (χ4n) is 1.96. The van der Waals surface area contributed by atoms with E-state index in [4.69, 9.17) is 0 Å². The van der Waals surface area contributed by atoms with Gasteiger partial charge in [0.15, 0.2) is 5.03 Å². The zero-order valence-electron chi connectivity index (χ0n) is 10.3. The van der Waals surface area contributed by atoms with E-state index >= 15 is 0 Å². The second kappa shape index (κ2) is 4.78. The molecule has 6 heteroatoms. The zero-order valence-corrected chi connectivity index (χ0v) is 11.1. The minimum absolute atomic E-state index is 0.205. The maximum atomic E-state index is 12.2. The van der Waals surface area contributed by atoms with Gasteiger partial charge in [0, 0.05) is 20.0 Å². The van der Waals surface area contributed by atoms with Gasteiger partial charge in [0.25, 0.3) is 10.0 Å². The molecular weight excluding hydrogens is 238 g/mol. The largest absolute Gasteiger partial charge is 0.332 e. The summed E-state index contributed by atoms with van der Waals surface area (Å²) in [4.78, 5) is 6.89. The lowest BCUT2D eigenvalue weighted by atomic mass is 9.86. The van der Waals surface area contributed by atoms with Crippen molar-refractivity contribution in [2.75, 3.05) is 13.6 Å². The molecule has 0 aromatic carbocycles. The van der Waals surface area contributed by atoms with Crippen LogP contribution in [0.4, 0.5) is 0 Å². The highest BCUT2D eigenvalue weighted by Crippen LogP contribution is 2.28. The van der Waals surface area contributed by atoms with E-state index in [1.807, 2.05) is 6.92 Å². The number of imidazole rings is 1. The molecule has 1 fully saturated rings. The van der Waals surface area contributed by atoms with Crippen LogP contribution in [-0.2, 0) is 16.4 Å². The number of aryl methyl sites for hydroxylation is 1. The van der Waals surface area contributed by atoms with Gasteiger partial charge in [0.05, 0.1) is 6.20 Å². The average Bonchev–Trinajstić information content (AvgIpc) is 2.71. The van der Waals surface area contributed by atoms with Crippen molar-refractivity contribution in [3.05, 3.63) is 12.0 Å². The Hall–Kier alpha value is -0.880. The maximum absolute atomic E-state index is 12.2. The number of aromatic nitrogens is 2. The van der Waals surface area contributed by atoms with Crippen molar-refractivity contribution in [1.82, 2.24) is 14.3 Å². The zero-order chi connectivity index (χ0) is 12.5. The fourth-order valence-corrected chi connectivity index (χ4v) is 3.13. The average molecular weight is 257 g/mol. The van der Waals surface area contributed by atoms with Gasteiger partial charge >= 0.3 is 0 Å². The molecule has 1 aromatic rings. The molecule has 1 saturated carbocycles. The van der Waals surface area contributed by atoms with Crippen molar-refractivity contribution in [1.29, 1.82) is 0 Å². The molecule has 17 heavy (non-hydrogen) atoms. The van der Waals surface area contributed by atoms with Crippen molar-refractivity contribution in [3.8, 4) is 0 Å². The van der Waals surface area contributed by atoms with Crippen LogP contribution in [0.3, 0.4) is 0 Å². The second-order valence-electron chi connectivity index (χ2n) is 4.63. The van der Waals surface area contributed by atoms with Gasteiger partial charge in [-0.2, -0.15) is 4.31 Å². The monoisotopic (exact) mass is 257 g/mol. The van der Waals surface area contributed by atoms with Gasteiger partial charge < -0.3 is 4.98 Å². The third-order valence-electron chi connectivity index (χ3n) is 3.37. The molecule has 96 valence electrons. The standard InChI is InChI=1S/C11H19N3O2S/c1-3-10-12-7-11(13-10)17(15,16)14(2)8-9-5-4-6-9/h7,9H,3-6,8H2,1-2H3,(H,12,13). The van der Waals surface area contributed by atoms with E-state index in [1.54, 1.807) is 7.05 Å². The Bertz CT molecular complexity index is 477. The summed E-state index contributed by atoms with van der Waals surface area (Å²) in [5.74, 6) is 1.24. The summed E-state index contributed by atoms with van der Waals surface area (Å²) >= 11 is 0. The topological polar surface area (TPSA) is 66.1 Å². The molecule has 1 aliphatic rings. The van der Waals surface area contributed by atoms with E-state index in [1.165, 1.54) is 16.9 Å². The summed E-state index contributed by atoms with van der Waals surface area (Å²) in [6.45, 7) is 2.55.